The van der Waals surface area contributed by atoms with Crippen LogP contribution in [0.25, 0.3) is 0 Å². The number of hydrogen-bond donors (Lipinski definition) is 1. The second-order valence-corrected chi connectivity index (χ2v) is 5.46. The van der Waals surface area contributed by atoms with Crippen molar-refractivity contribution in [3.8, 4) is 5.75 Å². The summed E-state index contributed by atoms with van der Waals surface area (Å²) in [6.45, 7) is 6.81. The van der Waals surface area contributed by atoms with Gasteiger partial charge in [0, 0.05) is 0 Å². The molecule has 2 N–H and O–H groups in total. The lowest BCUT2D eigenvalue weighted by atomic mass is 9.88. The quantitative estimate of drug-likeness (QED) is 0.717. The Morgan fingerprint density at radius 3 is 2.39 bits per heavy atom. The molecule has 1 aromatic rings. The van der Waals surface area contributed by atoms with E-state index in [1.165, 1.54) is 31.2 Å². The Labute approximate surface area is 112 Å². The molecular formula is C16H27NO. The molecule has 0 fully saturated rings. The largest absolute Gasteiger partial charge is 0.495 e. The molecule has 0 aromatic heterocycles. The summed E-state index contributed by atoms with van der Waals surface area (Å²) in [6.07, 6.45) is 4.97. The van der Waals surface area contributed by atoms with Gasteiger partial charge in [-0.15, -0.1) is 0 Å². The van der Waals surface area contributed by atoms with Gasteiger partial charge >= 0.3 is 0 Å². The predicted molar refractivity (Wildman–Crippen MR) is 79.1 cm³/mol. The number of methoxy groups -OCH3 is 1. The summed E-state index contributed by atoms with van der Waals surface area (Å²) < 4.78 is 5.21. The van der Waals surface area contributed by atoms with Gasteiger partial charge in [-0.1, -0.05) is 39.7 Å². The van der Waals surface area contributed by atoms with Crippen molar-refractivity contribution in [2.45, 2.75) is 52.4 Å². The predicted octanol–water partition coefficient (Wildman–Crippen LogP) is 4.60. The fourth-order valence-electron chi connectivity index (χ4n) is 2.37. The minimum atomic E-state index is 0.630. The molecule has 0 aliphatic carbocycles. The van der Waals surface area contributed by atoms with Crippen molar-refractivity contribution >= 4 is 5.69 Å². The molecule has 2 heteroatoms. The number of benzene rings is 1. The molecule has 102 valence electrons. The van der Waals surface area contributed by atoms with E-state index in [2.05, 4.69) is 32.9 Å². The average Bonchev–Trinajstić information content (AvgIpc) is 2.34. The van der Waals surface area contributed by atoms with E-state index in [9.17, 15) is 0 Å². The molecule has 18 heavy (non-hydrogen) atoms. The van der Waals surface area contributed by atoms with Crippen LogP contribution in [0.5, 0.6) is 5.75 Å². The highest BCUT2D eigenvalue weighted by Crippen LogP contribution is 2.32. The molecule has 0 saturated carbocycles. The molecule has 0 saturated heterocycles. The molecule has 0 heterocycles. The van der Waals surface area contributed by atoms with Crippen molar-refractivity contribution < 1.29 is 4.74 Å². The monoisotopic (exact) mass is 249 g/mol. The first-order valence-electron chi connectivity index (χ1n) is 7.01. The lowest BCUT2D eigenvalue weighted by Gasteiger charge is -2.19. The lowest BCUT2D eigenvalue weighted by molar-refractivity contribution is 0.416. The van der Waals surface area contributed by atoms with E-state index in [1.54, 1.807) is 7.11 Å². The lowest BCUT2D eigenvalue weighted by Crippen LogP contribution is -2.03. The van der Waals surface area contributed by atoms with Gasteiger partial charge in [-0.05, 0) is 42.4 Å². The number of ether oxygens (including phenoxy) is 1. The Balaban J connectivity index is 2.81. The molecule has 1 rings (SSSR count). The maximum absolute atomic E-state index is 6.00. The highest BCUT2D eigenvalue weighted by Gasteiger charge is 2.13. The molecule has 0 spiro atoms. The van der Waals surface area contributed by atoms with Crippen LogP contribution in [0.15, 0.2) is 18.2 Å². The van der Waals surface area contributed by atoms with Gasteiger partial charge < -0.3 is 10.5 Å². The third-order valence-corrected chi connectivity index (χ3v) is 3.45. The molecule has 1 atom stereocenters. The molecule has 0 aliphatic heterocycles. The number of nitrogens with two attached hydrogens (primary N) is 1. The highest BCUT2D eigenvalue weighted by molar-refractivity contribution is 5.54. The summed E-state index contributed by atoms with van der Waals surface area (Å²) in [5.41, 5.74) is 8.10. The van der Waals surface area contributed by atoms with Gasteiger partial charge in [-0.2, -0.15) is 0 Å². The maximum Gasteiger partial charge on any atom is 0.141 e. The number of anilines is 1. The van der Waals surface area contributed by atoms with E-state index < -0.39 is 0 Å². The summed E-state index contributed by atoms with van der Waals surface area (Å²) in [5.74, 6) is 2.17. The number of rotatable bonds is 7. The van der Waals surface area contributed by atoms with E-state index in [0.717, 1.165) is 17.4 Å². The van der Waals surface area contributed by atoms with Gasteiger partial charge in [-0.25, -0.2) is 0 Å². The molecule has 0 radical (unpaired) electrons. The third-order valence-electron chi connectivity index (χ3n) is 3.45. The zero-order valence-electron chi connectivity index (χ0n) is 12.2. The molecule has 0 aliphatic rings. The van der Waals surface area contributed by atoms with Crippen LogP contribution in [-0.4, -0.2) is 7.11 Å². The van der Waals surface area contributed by atoms with Gasteiger partial charge in [-0.3, -0.25) is 0 Å². The summed E-state index contributed by atoms with van der Waals surface area (Å²) in [6, 6.07) is 6.23. The zero-order valence-corrected chi connectivity index (χ0v) is 12.2. The first-order chi connectivity index (χ1) is 8.58. The van der Waals surface area contributed by atoms with E-state index >= 15 is 0 Å². The van der Waals surface area contributed by atoms with Crippen LogP contribution in [0.2, 0.25) is 0 Å². The third kappa shape index (κ3) is 4.25. The summed E-state index contributed by atoms with van der Waals surface area (Å²) in [4.78, 5) is 0. The van der Waals surface area contributed by atoms with Crippen LogP contribution in [0.3, 0.4) is 0 Å². The van der Waals surface area contributed by atoms with E-state index in [4.69, 9.17) is 10.5 Å². The fraction of sp³-hybridized carbons (Fsp3) is 0.625. The van der Waals surface area contributed by atoms with E-state index in [-0.39, 0.29) is 0 Å². The Hall–Kier alpha value is -1.18. The Morgan fingerprint density at radius 2 is 1.89 bits per heavy atom. The smallest absolute Gasteiger partial charge is 0.141 e. The molecule has 1 aromatic carbocycles. The summed E-state index contributed by atoms with van der Waals surface area (Å²) in [5, 5.41) is 0. The fourth-order valence-corrected chi connectivity index (χ4v) is 2.37. The minimum absolute atomic E-state index is 0.630. The van der Waals surface area contributed by atoms with Gasteiger partial charge in [0.15, 0.2) is 0 Å². The topological polar surface area (TPSA) is 35.2 Å². The Morgan fingerprint density at radius 1 is 1.17 bits per heavy atom. The Kier molecular flexibility index (Phi) is 6.03. The zero-order chi connectivity index (χ0) is 13.5. The summed E-state index contributed by atoms with van der Waals surface area (Å²) in [7, 11) is 1.66. The first kappa shape index (κ1) is 14.9. The normalized spacial score (nSPS) is 12.7. The van der Waals surface area contributed by atoms with E-state index in [0.29, 0.717) is 5.92 Å². The van der Waals surface area contributed by atoms with Crippen molar-refractivity contribution in [1.82, 2.24) is 0 Å². The second-order valence-electron chi connectivity index (χ2n) is 5.46. The van der Waals surface area contributed by atoms with Crippen molar-refractivity contribution in [2.24, 2.45) is 5.92 Å². The molecule has 0 bridgehead atoms. The standard InChI is InChI=1S/C16H27NO/c1-5-6-13(8-7-12(2)3)14-9-10-16(18-4)15(17)11-14/h9-13H,5-8,17H2,1-4H3. The molecule has 0 amide bonds. The van der Waals surface area contributed by atoms with Gasteiger partial charge in [0.2, 0.25) is 0 Å². The number of hydrogen-bond acceptors (Lipinski definition) is 2. The second kappa shape index (κ2) is 7.30. The Bertz CT molecular complexity index is 360. The minimum Gasteiger partial charge on any atom is -0.495 e. The van der Waals surface area contributed by atoms with Crippen LogP contribution in [-0.2, 0) is 0 Å². The van der Waals surface area contributed by atoms with Crippen LogP contribution in [0, 0.1) is 5.92 Å². The van der Waals surface area contributed by atoms with Crippen molar-refractivity contribution in [3.05, 3.63) is 23.8 Å². The van der Waals surface area contributed by atoms with Gasteiger partial charge in [0.05, 0.1) is 12.8 Å². The van der Waals surface area contributed by atoms with Crippen LogP contribution >= 0.6 is 0 Å². The average molecular weight is 249 g/mol. The van der Waals surface area contributed by atoms with Crippen molar-refractivity contribution in [2.75, 3.05) is 12.8 Å². The van der Waals surface area contributed by atoms with Gasteiger partial charge in [0.1, 0.15) is 5.75 Å². The maximum atomic E-state index is 6.00. The molecule has 1 unspecified atom stereocenters. The van der Waals surface area contributed by atoms with Crippen molar-refractivity contribution in [3.63, 3.8) is 0 Å². The summed E-state index contributed by atoms with van der Waals surface area (Å²) >= 11 is 0. The number of nitrogen functional groups attached to an aromatic ring is 1. The molecule has 2 nitrogen and oxygen atoms in total. The van der Waals surface area contributed by atoms with Crippen LogP contribution in [0.4, 0.5) is 5.69 Å². The van der Waals surface area contributed by atoms with E-state index in [1.807, 2.05) is 6.07 Å². The van der Waals surface area contributed by atoms with Crippen LogP contribution in [0.1, 0.15) is 57.9 Å². The van der Waals surface area contributed by atoms with Crippen LogP contribution < -0.4 is 10.5 Å². The molecular weight excluding hydrogens is 222 g/mol. The van der Waals surface area contributed by atoms with Gasteiger partial charge in [0.25, 0.3) is 0 Å². The SMILES string of the molecule is CCCC(CCC(C)C)c1ccc(OC)c(N)c1. The first-order valence-corrected chi connectivity index (χ1v) is 7.01. The van der Waals surface area contributed by atoms with Crippen molar-refractivity contribution in [1.29, 1.82) is 0 Å². The highest BCUT2D eigenvalue weighted by atomic mass is 16.5.